The van der Waals surface area contributed by atoms with Crippen LogP contribution in [0, 0.1) is 11.6 Å². The van der Waals surface area contributed by atoms with Gasteiger partial charge in [-0.3, -0.25) is 9.59 Å². The van der Waals surface area contributed by atoms with Gasteiger partial charge < -0.3 is 20.1 Å². The number of halogens is 2. The van der Waals surface area contributed by atoms with E-state index in [1.807, 2.05) is 0 Å². The Labute approximate surface area is 190 Å². The summed E-state index contributed by atoms with van der Waals surface area (Å²) < 4.78 is 39.5. The summed E-state index contributed by atoms with van der Waals surface area (Å²) in [6, 6.07) is 8.56. The van der Waals surface area contributed by atoms with E-state index in [1.165, 1.54) is 20.3 Å². The lowest BCUT2D eigenvalue weighted by molar-refractivity contribution is -0.116. The van der Waals surface area contributed by atoms with Gasteiger partial charge in [-0.25, -0.2) is 8.78 Å². The molecule has 172 valence electrons. The maximum Gasteiger partial charge on any atom is 0.254 e. The van der Waals surface area contributed by atoms with Crippen LogP contribution in [0.15, 0.2) is 58.9 Å². The standard InChI is InChI=1S/C25H24F2N2O4/c1-13-20(25(31)29-23-15(26)8-5-9-16(23)27)21(22-17(28-13)10-6-11-18(22)30)14-7-4-12-19(32-2)24(14)33-3/h4-5,7-9,12,21,28H,6,10-11H2,1-3H3,(H,29,31). The molecule has 1 aliphatic carbocycles. The molecule has 1 atom stereocenters. The molecule has 1 unspecified atom stereocenters. The molecule has 0 aromatic heterocycles. The first-order chi connectivity index (χ1) is 15.9. The predicted octanol–water partition coefficient (Wildman–Crippen LogP) is 4.59. The van der Waals surface area contributed by atoms with Crippen LogP contribution in [-0.4, -0.2) is 25.9 Å². The van der Waals surface area contributed by atoms with E-state index in [-0.39, 0.29) is 11.4 Å². The second kappa shape index (κ2) is 9.05. The molecule has 2 aromatic carbocycles. The van der Waals surface area contributed by atoms with Crippen LogP contribution in [-0.2, 0) is 9.59 Å². The van der Waals surface area contributed by atoms with Gasteiger partial charge in [-0.2, -0.15) is 0 Å². The first-order valence-corrected chi connectivity index (χ1v) is 10.6. The Kier molecular flexibility index (Phi) is 6.18. The van der Waals surface area contributed by atoms with Crippen LogP contribution in [0.3, 0.4) is 0 Å². The first kappa shape index (κ1) is 22.5. The van der Waals surface area contributed by atoms with Crippen molar-refractivity contribution in [3.05, 3.63) is 76.1 Å². The molecule has 4 rings (SSSR count). The van der Waals surface area contributed by atoms with E-state index >= 15 is 0 Å². The Hall–Kier alpha value is -3.68. The van der Waals surface area contributed by atoms with Crippen LogP contribution >= 0.6 is 0 Å². The maximum atomic E-state index is 14.3. The van der Waals surface area contributed by atoms with Gasteiger partial charge in [0.1, 0.15) is 17.3 Å². The summed E-state index contributed by atoms with van der Waals surface area (Å²) in [5.74, 6) is -2.57. The van der Waals surface area contributed by atoms with Crippen LogP contribution in [0.5, 0.6) is 11.5 Å². The minimum atomic E-state index is -0.894. The van der Waals surface area contributed by atoms with Crippen LogP contribution < -0.4 is 20.1 Å². The van der Waals surface area contributed by atoms with E-state index in [1.54, 1.807) is 25.1 Å². The minimum Gasteiger partial charge on any atom is -0.493 e. The van der Waals surface area contributed by atoms with Gasteiger partial charge in [0.05, 0.1) is 20.1 Å². The second-order valence-electron chi connectivity index (χ2n) is 7.90. The van der Waals surface area contributed by atoms with Crippen molar-refractivity contribution in [1.29, 1.82) is 0 Å². The summed E-state index contributed by atoms with van der Waals surface area (Å²) in [6.07, 6.45) is 1.69. The number of ether oxygens (including phenoxy) is 2. The van der Waals surface area contributed by atoms with Gasteiger partial charge >= 0.3 is 0 Å². The highest BCUT2D eigenvalue weighted by molar-refractivity contribution is 6.10. The Morgan fingerprint density at radius 1 is 1.06 bits per heavy atom. The average molecular weight is 454 g/mol. The summed E-state index contributed by atoms with van der Waals surface area (Å²) in [5, 5.41) is 5.54. The predicted molar refractivity (Wildman–Crippen MR) is 119 cm³/mol. The number of dihydropyridines is 1. The number of para-hydroxylation sites is 2. The number of amides is 1. The van der Waals surface area contributed by atoms with Crippen LogP contribution in [0.4, 0.5) is 14.5 Å². The van der Waals surface area contributed by atoms with E-state index in [4.69, 9.17) is 9.47 Å². The van der Waals surface area contributed by atoms with Crippen molar-refractivity contribution < 1.29 is 27.8 Å². The Morgan fingerprint density at radius 2 is 1.76 bits per heavy atom. The first-order valence-electron chi connectivity index (χ1n) is 10.6. The van der Waals surface area contributed by atoms with Gasteiger partial charge in [0, 0.05) is 34.5 Å². The highest BCUT2D eigenvalue weighted by atomic mass is 19.1. The Morgan fingerprint density at radius 3 is 2.42 bits per heavy atom. The molecular formula is C25H24F2N2O4. The highest BCUT2D eigenvalue weighted by Gasteiger charge is 2.40. The van der Waals surface area contributed by atoms with Crippen molar-refractivity contribution in [2.45, 2.75) is 32.1 Å². The number of carbonyl (C=O) groups excluding carboxylic acids is 2. The molecule has 6 nitrogen and oxygen atoms in total. The lowest BCUT2D eigenvalue weighted by atomic mass is 9.74. The largest absolute Gasteiger partial charge is 0.493 e. The van der Waals surface area contributed by atoms with Crippen molar-refractivity contribution in [2.75, 3.05) is 19.5 Å². The fourth-order valence-corrected chi connectivity index (χ4v) is 4.53. The Bertz CT molecular complexity index is 1180. The molecular weight excluding hydrogens is 430 g/mol. The number of nitrogens with one attached hydrogen (secondary N) is 2. The molecule has 0 saturated carbocycles. The smallest absolute Gasteiger partial charge is 0.254 e. The van der Waals surface area contributed by atoms with E-state index in [0.29, 0.717) is 47.6 Å². The third-order valence-corrected chi connectivity index (χ3v) is 5.97. The lowest BCUT2D eigenvalue weighted by Gasteiger charge is -2.35. The summed E-state index contributed by atoms with van der Waals surface area (Å²) in [4.78, 5) is 26.5. The van der Waals surface area contributed by atoms with Crippen molar-refractivity contribution in [3.63, 3.8) is 0 Å². The highest BCUT2D eigenvalue weighted by Crippen LogP contribution is 2.47. The van der Waals surface area contributed by atoms with Gasteiger partial charge in [-0.15, -0.1) is 0 Å². The normalized spacial score (nSPS) is 18.0. The van der Waals surface area contributed by atoms with Gasteiger partial charge in [0.2, 0.25) is 0 Å². The number of rotatable bonds is 5. The molecule has 1 heterocycles. The number of Topliss-reactive ketones (excluding diaryl/α,β-unsaturated/α-hetero) is 1. The fraction of sp³-hybridized carbons (Fsp3) is 0.280. The molecule has 2 N–H and O–H groups in total. The Balaban J connectivity index is 1.88. The van der Waals surface area contributed by atoms with Gasteiger partial charge in [0.15, 0.2) is 17.3 Å². The molecule has 1 aliphatic heterocycles. The number of ketones is 1. The van der Waals surface area contributed by atoms with Gasteiger partial charge in [-0.05, 0) is 38.0 Å². The molecule has 0 spiro atoms. The molecule has 0 fully saturated rings. The summed E-state index contributed by atoms with van der Waals surface area (Å²) in [5.41, 5.74) is 1.88. The third kappa shape index (κ3) is 3.97. The zero-order valence-corrected chi connectivity index (χ0v) is 18.6. The second-order valence-corrected chi connectivity index (χ2v) is 7.90. The number of benzene rings is 2. The van der Waals surface area contributed by atoms with Crippen LogP contribution in [0.2, 0.25) is 0 Å². The molecule has 2 aromatic rings. The van der Waals surface area contributed by atoms with Crippen LogP contribution in [0.1, 0.15) is 37.7 Å². The van der Waals surface area contributed by atoms with Crippen molar-refractivity contribution in [1.82, 2.24) is 5.32 Å². The zero-order chi connectivity index (χ0) is 23.7. The zero-order valence-electron chi connectivity index (χ0n) is 18.6. The fourth-order valence-electron chi connectivity index (χ4n) is 4.53. The van der Waals surface area contributed by atoms with Gasteiger partial charge in [0.25, 0.3) is 5.91 Å². The lowest BCUT2D eigenvalue weighted by Crippen LogP contribution is -2.35. The monoisotopic (exact) mass is 454 g/mol. The molecule has 2 aliphatic rings. The maximum absolute atomic E-state index is 14.3. The average Bonchev–Trinajstić information content (AvgIpc) is 2.80. The molecule has 1 amide bonds. The van der Waals surface area contributed by atoms with Crippen molar-refractivity contribution in [2.24, 2.45) is 0 Å². The van der Waals surface area contributed by atoms with E-state index in [2.05, 4.69) is 10.6 Å². The van der Waals surface area contributed by atoms with E-state index in [9.17, 15) is 18.4 Å². The van der Waals surface area contributed by atoms with E-state index < -0.39 is 29.1 Å². The molecule has 0 saturated heterocycles. The molecule has 0 radical (unpaired) electrons. The molecule has 33 heavy (non-hydrogen) atoms. The molecule has 0 bridgehead atoms. The quantitative estimate of drug-likeness (QED) is 0.691. The van der Waals surface area contributed by atoms with Gasteiger partial charge in [-0.1, -0.05) is 18.2 Å². The number of hydrogen-bond acceptors (Lipinski definition) is 5. The third-order valence-electron chi connectivity index (χ3n) is 5.97. The number of methoxy groups -OCH3 is 2. The molecule has 8 heteroatoms. The van der Waals surface area contributed by atoms with Crippen molar-refractivity contribution in [3.8, 4) is 11.5 Å². The minimum absolute atomic E-state index is 0.0894. The number of carbonyl (C=O) groups is 2. The topological polar surface area (TPSA) is 76.7 Å². The summed E-state index contributed by atoms with van der Waals surface area (Å²) in [6.45, 7) is 1.70. The van der Waals surface area contributed by atoms with E-state index in [0.717, 1.165) is 17.8 Å². The number of anilines is 1. The number of hydrogen-bond donors (Lipinski definition) is 2. The summed E-state index contributed by atoms with van der Waals surface area (Å²) >= 11 is 0. The SMILES string of the molecule is COc1cccc(C2C(C(=O)Nc3c(F)cccc3F)=C(C)NC3=C2C(=O)CCC3)c1OC. The van der Waals surface area contributed by atoms with Crippen LogP contribution in [0.25, 0.3) is 0 Å². The van der Waals surface area contributed by atoms with Crippen molar-refractivity contribution >= 4 is 17.4 Å². The number of allylic oxidation sites excluding steroid dienone is 3. The summed E-state index contributed by atoms with van der Waals surface area (Å²) in [7, 11) is 2.97.